The van der Waals surface area contributed by atoms with Gasteiger partial charge in [-0.1, -0.05) is 0 Å². The van der Waals surface area contributed by atoms with Crippen molar-refractivity contribution in [3.05, 3.63) is 24.2 Å². The summed E-state index contributed by atoms with van der Waals surface area (Å²) in [6.07, 6.45) is 1.84. The van der Waals surface area contributed by atoms with Gasteiger partial charge >= 0.3 is 0 Å². The van der Waals surface area contributed by atoms with E-state index in [2.05, 4.69) is 33.2 Å². The van der Waals surface area contributed by atoms with E-state index in [0.29, 0.717) is 12.6 Å². The van der Waals surface area contributed by atoms with Crippen LogP contribution >= 0.6 is 0 Å². The van der Waals surface area contributed by atoms with Gasteiger partial charge in [-0.15, -0.1) is 0 Å². The Morgan fingerprint density at radius 2 is 2.00 bits per heavy atom. The number of fused-ring (bicyclic) bond motifs is 1. The lowest BCUT2D eigenvalue weighted by Crippen LogP contribution is -2.48. The molecule has 0 bridgehead atoms. The number of nitrogens with zero attached hydrogens (tertiary/aromatic N) is 5. The molecule has 0 amide bonds. The number of pyridine rings is 1. The molecule has 1 saturated heterocycles. The van der Waals surface area contributed by atoms with Crippen molar-refractivity contribution < 1.29 is 4.74 Å². The van der Waals surface area contributed by atoms with E-state index in [1.165, 1.54) is 0 Å². The molecule has 6 nitrogen and oxygen atoms in total. The molecule has 6 heteroatoms. The van der Waals surface area contributed by atoms with E-state index < -0.39 is 0 Å². The van der Waals surface area contributed by atoms with Crippen molar-refractivity contribution in [1.29, 1.82) is 0 Å². The molecule has 1 aliphatic heterocycles. The standard InChI is InChI=1S/C18H29N5O/c1-4-24-13-12-23-17(20-16-6-5-7-19-18(16)23)14-21-8-10-22(11-9-21)15(2)3/h5-7,15H,4,8-14H2,1-3H3. The van der Waals surface area contributed by atoms with E-state index in [1.54, 1.807) is 0 Å². The quantitative estimate of drug-likeness (QED) is 0.726. The van der Waals surface area contributed by atoms with E-state index in [9.17, 15) is 0 Å². The number of piperazine rings is 1. The SMILES string of the molecule is CCOCCn1c(CN2CCN(C(C)C)CC2)nc2cccnc21. The monoisotopic (exact) mass is 331 g/mol. The van der Waals surface area contributed by atoms with Crippen LogP contribution in [0.5, 0.6) is 0 Å². The number of imidazole rings is 1. The summed E-state index contributed by atoms with van der Waals surface area (Å²) >= 11 is 0. The summed E-state index contributed by atoms with van der Waals surface area (Å²) < 4.78 is 7.77. The van der Waals surface area contributed by atoms with Crippen LogP contribution in [0.25, 0.3) is 11.2 Å². The highest BCUT2D eigenvalue weighted by Crippen LogP contribution is 2.16. The predicted molar refractivity (Wildman–Crippen MR) is 96.0 cm³/mol. The normalized spacial score (nSPS) is 17.2. The highest BCUT2D eigenvalue weighted by Gasteiger charge is 2.21. The summed E-state index contributed by atoms with van der Waals surface area (Å²) in [5, 5.41) is 0. The molecule has 0 N–H and O–H groups in total. The van der Waals surface area contributed by atoms with Gasteiger partial charge in [-0.25, -0.2) is 9.97 Å². The van der Waals surface area contributed by atoms with Gasteiger partial charge in [-0.05, 0) is 32.9 Å². The molecule has 1 fully saturated rings. The number of aromatic nitrogens is 3. The minimum Gasteiger partial charge on any atom is -0.380 e. The van der Waals surface area contributed by atoms with Gasteiger partial charge in [0.2, 0.25) is 0 Å². The van der Waals surface area contributed by atoms with Crippen molar-refractivity contribution in [2.24, 2.45) is 0 Å². The first-order valence-corrected chi connectivity index (χ1v) is 9.03. The number of ether oxygens (including phenoxy) is 1. The van der Waals surface area contributed by atoms with Gasteiger partial charge in [0.25, 0.3) is 0 Å². The van der Waals surface area contributed by atoms with Crippen LogP contribution in [0.2, 0.25) is 0 Å². The lowest BCUT2D eigenvalue weighted by molar-refractivity contribution is 0.100. The third-order valence-electron chi connectivity index (χ3n) is 4.75. The first-order chi connectivity index (χ1) is 11.7. The highest BCUT2D eigenvalue weighted by atomic mass is 16.5. The second kappa shape index (κ2) is 8.05. The van der Waals surface area contributed by atoms with Crippen molar-refractivity contribution in [3.8, 4) is 0 Å². The first kappa shape index (κ1) is 17.3. The van der Waals surface area contributed by atoms with Gasteiger partial charge in [0.15, 0.2) is 5.65 Å². The highest BCUT2D eigenvalue weighted by molar-refractivity contribution is 5.71. The van der Waals surface area contributed by atoms with Gasteiger partial charge < -0.3 is 9.30 Å². The van der Waals surface area contributed by atoms with E-state index in [-0.39, 0.29) is 0 Å². The van der Waals surface area contributed by atoms with Crippen LogP contribution in [0.4, 0.5) is 0 Å². The lowest BCUT2D eigenvalue weighted by Gasteiger charge is -2.36. The Balaban J connectivity index is 1.72. The molecule has 0 spiro atoms. The fourth-order valence-corrected chi connectivity index (χ4v) is 3.30. The van der Waals surface area contributed by atoms with Crippen molar-refractivity contribution >= 4 is 11.2 Å². The molecule has 1 aliphatic rings. The number of hydrogen-bond acceptors (Lipinski definition) is 5. The molecule has 0 radical (unpaired) electrons. The van der Waals surface area contributed by atoms with Crippen LogP contribution in [0.3, 0.4) is 0 Å². The number of hydrogen-bond donors (Lipinski definition) is 0. The Labute approximate surface area is 144 Å². The van der Waals surface area contributed by atoms with Crippen LogP contribution in [0.1, 0.15) is 26.6 Å². The Kier molecular flexibility index (Phi) is 5.81. The topological polar surface area (TPSA) is 46.4 Å². The molecule has 24 heavy (non-hydrogen) atoms. The largest absolute Gasteiger partial charge is 0.380 e. The maximum absolute atomic E-state index is 5.54. The zero-order valence-corrected chi connectivity index (χ0v) is 15.1. The van der Waals surface area contributed by atoms with Gasteiger partial charge in [-0.2, -0.15) is 0 Å². The average Bonchev–Trinajstić information content (AvgIpc) is 2.93. The van der Waals surface area contributed by atoms with Crippen LogP contribution in [0.15, 0.2) is 18.3 Å². The molecule has 0 atom stereocenters. The van der Waals surface area contributed by atoms with Gasteiger partial charge in [0.1, 0.15) is 11.3 Å². The predicted octanol–water partition coefficient (Wildman–Crippen LogP) is 1.99. The molecular formula is C18H29N5O. The van der Waals surface area contributed by atoms with E-state index in [4.69, 9.17) is 9.72 Å². The second-order valence-corrected chi connectivity index (χ2v) is 6.63. The molecule has 0 unspecified atom stereocenters. The molecule has 2 aromatic heterocycles. The van der Waals surface area contributed by atoms with E-state index >= 15 is 0 Å². The Bertz CT molecular complexity index is 646. The van der Waals surface area contributed by atoms with Crippen LogP contribution < -0.4 is 0 Å². The van der Waals surface area contributed by atoms with E-state index in [0.717, 1.165) is 62.9 Å². The van der Waals surface area contributed by atoms with Crippen LogP contribution in [0, 0.1) is 0 Å². The maximum atomic E-state index is 5.54. The molecular weight excluding hydrogens is 302 g/mol. The van der Waals surface area contributed by atoms with E-state index in [1.807, 2.05) is 25.3 Å². The fourth-order valence-electron chi connectivity index (χ4n) is 3.30. The van der Waals surface area contributed by atoms with Crippen molar-refractivity contribution in [3.63, 3.8) is 0 Å². The van der Waals surface area contributed by atoms with Gasteiger partial charge in [0, 0.05) is 51.6 Å². The smallest absolute Gasteiger partial charge is 0.160 e. The molecule has 3 rings (SSSR count). The average molecular weight is 331 g/mol. The summed E-state index contributed by atoms with van der Waals surface area (Å²) in [6.45, 7) is 14.2. The minimum absolute atomic E-state index is 0.632. The number of rotatable bonds is 7. The van der Waals surface area contributed by atoms with Gasteiger partial charge in [-0.3, -0.25) is 9.80 Å². The third kappa shape index (κ3) is 3.94. The first-order valence-electron chi connectivity index (χ1n) is 9.03. The fraction of sp³-hybridized carbons (Fsp3) is 0.667. The van der Waals surface area contributed by atoms with Crippen LogP contribution in [-0.4, -0.2) is 69.8 Å². The molecule has 0 aromatic carbocycles. The Morgan fingerprint density at radius 1 is 1.21 bits per heavy atom. The summed E-state index contributed by atoms with van der Waals surface area (Å²) in [4.78, 5) is 14.4. The Hall–Kier alpha value is -1.50. The molecule has 132 valence electrons. The van der Waals surface area contributed by atoms with Crippen molar-refractivity contribution in [2.45, 2.75) is 39.9 Å². The molecule has 0 aliphatic carbocycles. The summed E-state index contributed by atoms with van der Waals surface area (Å²) in [5.74, 6) is 1.10. The lowest BCUT2D eigenvalue weighted by atomic mass is 10.2. The van der Waals surface area contributed by atoms with Gasteiger partial charge in [0.05, 0.1) is 13.2 Å². The third-order valence-corrected chi connectivity index (χ3v) is 4.75. The van der Waals surface area contributed by atoms with Crippen molar-refractivity contribution in [1.82, 2.24) is 24.3 Å². The maximum Gasteiger partial charge on any atom is 0.160 e. The summed E-state index contributed by atoms with van der Waals surface area (Å²) in [7, 11) is 0. The van der Waals surface area contributed by atoms with Crippen LogP contribution in [-0.2, 0) is 17.8 Å². The minimum atomic E-state index is 0.632. The molecule has 2 aromatic rings. The molecule has 3 heterocycles. The second-order valence-electron chi connectivity index (χ2n) is 6.63. The summed E-state index contributed by atoms with van der Waals surface area (Å²) in [6, 6.07) is 4.62. The van der Waals surface area contributed by atoms with Crippen molar-refractivity contribution in [2.75, 3.05) is 39.4 Å². The summed E-state index contributed by atoms with van der Waals surface area (Å²) in [5.41, 5.74) is 1.94. The zero-order valence-electron chi connectivity index (χ0n) is 15.1. The zero-order chi connectivity index (χ0) is 16.9. The Morgan fingerprint density at radius 3 is 2.71 bits per heavy atom. The molecule has 0 saturated carbocycles.